The van der Waals surface area contributed by atoms with Crippen LogP contribution in [0.5, 0.6) is 0 Å². The Balaban J connectivity index is 2.61. The van der Waals surface area contributed by atoms with E-state index in [9.17, 15) is 24.0 Å². The number of hydrogen-bond donors (Lipinski definition) is 2. The molecule has 0 bridgehead atoms. The van der Waals surface area contributed by atoms with Crippen molar-refractivity contribution >= 4 is 29.8 Å². The summed E-state index contributed by atoms with van der Waals surface area (Å²) in [6.07, 6.45) is 1.19. The van der Waals surface area contributed by atoms with Crippen molar-refractivity contribution in [2.45, 2.75) is 39.7 Å². The lowest BCUT2D eigenvalue weighted by molar-refractivity contribution is -0.143. The number of nitrogens with one attached hydrogen (secondary N) is 2. The van der Waals surface area contributed by atoms with Gasteiger partial charge in [0.05, 0.1) is 0 Å². The number of amides is 7. The van der Waals surface area contributed by atoms with Crippen LogP contribution in [0.15, 0.2) is 0 Å². The van der Waals surface area contributed by atoms with Crippen molar-refractivity contribution in [3.63, 3.8) is 0 Å². The highest BCUT2D eigenvalue weighted by Gasteiger charge is 2.44. The molecule has 1 aliphatic rings. The largest absolute Gasteiger partial charge is 0.335 e. The van der Waals surface area contributed by atoms with Crippen LogP contribution in [-0.2, 0) is 14.4 Å². The van der Waals surface area contributed by atoms with Gasteiger partial charge in [0, 0.05) is 12.6 Å². The molecule has 1 heterocycles. The fourth-order valence-electron chi connectivity index (χ4n) is 1.78. The Labute approximate surface area is 128 Å². The second-order valence-corrected chi connectivity index (χ2v) is 4.96. The lowest BCUT2D eigenvalue weighted by Crippen LogP contribution is -2.48. The third-order valence-electron chi connectivity index (χ3n) is 3.13. The average molecular weight is 312 g/mol. The van der Waals surface area contributed by atoms with Crippen molar-refractivity contribution in [3.8, 4) is 0 Å². The second kappa shape index (κ2) is 7.53. The lowest BCUT2D eigenvalue weighted by Gasteiger charge is -2.15. The first-order chi connectivity index (χ1) is 10.3. The van der Waals surface area contributed by atoms with Gasteiger partial charge in [-0.05, 0) is 19.8 Å². The van der Waals surface area contributed by atoms with Gasteiger partial charge in [0.15, 0.2) is 0 Å². The van der Waals surface area contributed by atoms with E-state index in [4.69, 9.17) is 0 Å². The summed E-state index contributed by atoms with van der Waals surface area (Å²) in [7, 11) is 0. The van der Waals surface area contributed by atoms with Crippen molar-refractivity contribution in [1.82, 2.24) is 20.4 Å². The molecular formula is C13H20N4O5. The van der Waals surface area contributed by atoms with Crippen LogP contribution in [0.3, 0.4) is 0 Å². The van der Waals surface area contributed by atoms with E-state index < -0.39 is 36.3 Å². The molecule has 0 aromatic heterocycles. The number of hydrogen-bond acceptors (Lipinski definition) is 5. The number of urea groups is 2. The quantitative estimate of drug-likeness (QED) is 0.521. The summed E-state index contributed by atoms with van der Waals surface area (Å²) >= 11 is 0. The van der Waals surface area contributed by atoms with Gasteiger partial charge in [0.1, 0.15) is 6.54 Å². The van der Waals surface area contributed by atoms with Gasteiger partial charge < -0.3 is 5.32 Å². The minimum Gasteiger partial charge on any atom is -0.335 e. The van der Waals surface area contributed by atoms with Gasteiger partial charge >= 0.3 is 23.9 Å². The minimum atomic E-state index is -1.06. The molecule has 1 fully saturated rings. The minimum absolute atomic E-state index is 0.107. The third kappa shape index (κ3) is 4.03. The Bertz CT molecular complexity index is 505. The molecule has 1 saturated heterocycles. The number of imide groups is 3. The molecular weight excluding hydrogens is 292 g/mol. The van der Waals surface area contributed by atoms with E-state index in [-0.39, 0.29) is 12.6 Å². The molecule has 1 atom stereocenters. The van der Waals surface area contributed by atoms with Crippen LogP contribution in [0, 0.1) is 0 Å². The summed E-state index contributed by atoms with van der Waals surface area (Å²) in [6.45, 7) is 4.81. The number of carbonyl (C=O) groups is 5. The highest BCUT2D eigenvalue weighted by atomic mass is 16.2. The Hall–Kier alpha value is -2.45. The summed E-state index contributed by atoms with van der Waals surface area (Å²) in [5, 5.41) is 4.52. The highest BCUT2D eigenvalue weighted by molar-refractivity contribution is 6.45. The van der Waals surface area contributed by atoms with Gasteiger partial charge in [0.2, 0.25) is 5.91 Å². The molecule has 0 saturated carbocycles. The molecule has 9 nitrogen and oxygen atoms in total. The Morgan fingerprint density at radius 1 is 1.09 bits per heavy atom. The zero-order chi connectivity index (χ0) is 16.9. The smallest absolute Gasteiger partial charge is 0.334 e. The maximum absolute atomic E-state index is 11.9. The molecule has 9 heteroatoms. The molecule has 22 heavy (non-hydrogen) atoms. The topological polar surface area (TPSA) is 116 Å². The SMILES string of the molecule is CCCN1C(=O)C(=O)N(CC(=O)NC(=O)N[C@H](C)CC)C1=O. The number of nitrogens with zero attached hydrogens (tertiary/aromatic N) is 2. The number of carbonyl (C=O) groups excluding carboxylic acids is 5. The first-order valence-electron chi connectivity index (χ1n) is 7.09. The van der Waals surface area contributed by atoms with E-state index in [0.717, 1.165) is 4.90 Å². The normalized spacial score (nSPS) is 16.0. The zero-order valence-electron chi connectivity index (χ0n) is 12.8. The predicted octanol–water partition coefficient (Wildman–Crippen LogP) is -0.188. The van der Waals surface area contributed by atoms with Crippen LogP contribution in [0.4, 0.5) is 9.59 Å². The summed E-state index contributed by atoms with van der Waals surface area (Å²) < 4.78 is 0. The van der Waals surface area contributed by atoms with Crippen molar-refractivity contribution < 1.29 is 24.0 Å². The second-order valence-electron chi connectivity index (χ2n) is 4.96. The molecule has 1 rings (SSSR count). The Kier molecular flexibility index (Phi) is 6.02. The van der Waals surface area contributed by atoms with Crippen LogP contribution in [0.2, 0.25) is 0 Å². The predicted molar refractivity (Wildman–Crippen MR) is 75.5 cm³/mol. The average Bonchev–Trinajstić information content (AvgIpc) is 2.65. The monoisotopic (exact) mass is 312 g/mol. The van der Waals surface area contributed by atoms with Gasteiger partial charge in [-0.3, -0.25) is 24.6 Å². The summed E-state index contributed by atoms with van der Waals surface area (Å²) in [6, 6.07) is -1.67. The van der Waals surface area contributed by atoms with E-state index in [0.29, 0.717) is 17.7 Å². The summed E-state index contributed by atoms with van der Waals surface area (Å²) in [5.74, 6) is -2.85. The lowest BCUT2D eigenvalue weighted by atomic mass is 10.3. The fraction of sp³-hybridized carbons (Fsp3) is 0.615. The Morgan fingerprint density at radius 3 is 2.23 bits per heavy atom. The van der Waals surface area contributed by atoms with E-state index in [1.807, 2.05) is 12.2 Å². The maximum atomic E-state index is 11.9. The third-order valence-corrected chi connectivity index (χ3v) is 3.13. The van der Waals surface area contributed by atoms with Gasteiger partial charge in [-0.1, -0.05) is 13.8 Å². The molecule has 1 aliphatic heterocycles. The van der Waals surface area contributed by atoms with E-state index in [1.165, 1.54) is 0 Å². The molecule has 0 unspecified atom stereocenters. The van der Waals surface area contributed by atoms with Crippen LogP contribution in [-0.4, -0.2) is 58.7 Å². The maximum Gasteiger partial charge on any atom is 0.334 e. The molecule has 0 spiro atoms. The first kappa shape index (κ1) is 17.6. The van der Waals surface area contributed by atoms with Crippen LogP contribution >= 0.6 is 0 Å². The van der Waals surface area contributed by atoms with Crippen molar-refractivity contribution in [2.24, 2.45) is 0 Å². The molecule has 0 aromatic rings. The molecule has 7 amide bonds. The highest BCUT2D eigenvalue weighted by Crippen LogP contribution is 2.11. The van der Waals surface area contributed by atoms with Crippen molar-refractivity contribution in [1.29, 1.82) is 0 Å². The summed E-state index contributed by atoms with van der Waals surface area (Å²) in [4.78, 5) is 59.7. The Morgan fingerprint density at radius 2 is 1.68 bits per heavy atom. The van der Waals surface area contributed by atoms with Gasteiger partial charge in [-0.2, -0.15) is 0 Å². The molecule has 0 aromatic carbocycles. The fourth-order valence-corrected chi connectivity index (χ4v) is 1.78. The van der Waals surface area contributed by atoms with Gasteiger partial charge in [0.25, 0.3) is 0 Å². The van der Waals surface area contributed by atoms with Crippen molar-refractivity contribution in [2.75, 3.05) is 13.1 Å². The molecule has 0 aliphatic carbocycles. The summed E-state index contributed by atoms with van der Waals surface area (Å²) in [5.41, 5.74) is 0. The van der Waals surface area contributed by atoms with Crippen LogP contribution in [0.1, 0.15) is 33.6 Å². The van der Waals surface area contributed by atoms with E-state index in [1.54, 1.807) is 13.8 Å². The molecule has 2 N–H and O–H groups in total. The van der Waals surface area contributed by atoms with Crippen LogP contribution < -0.4 is 10.6 Å². The van der Waals surface area contributed by atoms with E-state index in [2.05, 4.69) is 5.32 Å². The molecule has 122 valence electrons. The van der Waals surface area contributed by atoms with E-state index >= 15 is 0 Å². The number of rotatable bonds is 6. The van der Waals surface area contributed by atoms with Crippen LogP contribution in [0.25, 0.3) is 0 Å². The van der Waals surface area contributed by atoms with Gasteiger partial charge in [-0.15, -0.1) is 0 Å². The molecule has 0 radical (unpaired) electrons. The van der Waals surface area contributed by atoms with Crippen molar-refractivity contribution in [3.05, 3.63) is 0 Å². The van der Waals surface area contributed by atoms with Gasteiger partial charge in [-0.25, -0.2) is 14.5 Å². The first-order valence-corrected chi connectivity index (χ1v) is 7.09. The zero-order valence-corrected chi connectivity index (χ0v) is 12.8. The standard InChI is InChI=1S/C13H20N4O5/c1-4-6-16-10(19)11(20)17(13(16)22)7-9(18)15-12(21)14-8(3)5-2/h8H,4-7H2,1-3H3,(H2,14,15,18,21)/t8-/m1/s1.